The lowest BCUT2D eigenvalue weighted by atomic mass is 10.2. The Balaban J connectivity index is 1.39. The molecule has 134 valence electrons. The van der Waals surface area contributed by atoms with Gasteiger partial charge in [-0.1, -0.05) is 18.2 Å². The fraction of sp³-hybridized carbons (Fsp3) is 0.105. The predicted octanol–water partition coefficient (Wildman–Crippen LogP) is 2.34. The van der Waals surface area contributed by atoms with Crippen LogP contribution in [0.2, 0.25) is 0 Å². The van der Waals surface area contributed by atoms with E-state index in [1.165, 1.54) is 4.80 Å². The summed E-state index contributed by atoms with van der Waals surface area (Å²) in [6.07, 6.45) is 3.38. The molecule has 0 bridgehead atoms. The highest BCUT2D eigenvalue weighted by Gasteiger charge is 2.10. The third-order valence-electron chi connectivity index (χ3n) is 3.89. The van der Waals surface area contributed by atoms with Crippen LogP contribution in [0.5, 0.6) is 5.75 Å². The molecule has 0 aliphatic rings. The van der Waals surface area contributed by atoms with Crippen LogP contribution >= 0.6 is 0 Å². The van der Waals surface area contributed by atoms with Crippen molar-refractivity contribution in [2.75, 3.05) is 5.73 Å². The van der Waals surface area contributed by atoms with Crippen LogP contribution in [-0.4, -0.2) is 30.2 Å². The molecule has 2 N–H and O–H groups in total. The molecule has 0 amide bonds. The minimum absolute atomic E-state index is 0.381. The van der Waals surface area contributed by atoms with Crippen LogP contribution in [0.1, 0.15) is 11.3 Å². The molecule has 4 rings (SSSR count). The molecule has 0 fully saturated rings. The Kier molecular flexibility index (Phi) is 4.69. The van der Waals surface area contributed by atoms with Crippen molar-refractivity contribution < 1.29 is 4.74 Å². The summed E-state index contributed by atoms with van der Waals surface area (Å²) in [6, 6.07) is 17.1. The number of ether oxygens (including phenoxy) is 1. The van der Waals surface area contributed by atoms with Crippen molar-refractivity contribution in [3.05, 3.63) is 78.2 Å². The maximum Gasteiger partial charge on any atom is 0.208 e. The third-order valence-corrected chi connectivity index (χ3v) is 3.89. The van der Waals surface area contributed by atoms with Gasteiger partial charge in [0.1, 0.15) is 18.2 Å². The zero-order valence-electron chi connectivity index (χ0n) is 14.4. The normalized spacial score (nSPS) is 10.7. The van der Waals surface area contributed by atoms with E-state index in [1.54, 1.807) is 18.5 Å². The second-order valence-electron chi connectivity index (χ2n) is 5.83. The summed E-state index contributed by atoms with van der Waals surface area (Å²) >= 11 is 0. The molecule has 0 aliphatic heterocycles. The second-order valence-corrected chi connectivity index (χ2v) is 5.83. The predicted molar refractivity (Wildman–Crippen MR) is 99.6 cm³/mol. The molecule has 3 aromatic heterocycles. The molecule has 3 heterocycles. The van der Waals surface area contributed by atoms with E-state index in [0.29, 0.717) is 30.4 Å². The number of nitrogens with zero attached hydrogens (tertiary/aromatic N) is 6. The van der Waals surface area contributed by atoms with Gasteiger partial charge in [-0.05, 0) is 47.2 Å². The molecule has 4 aromatic rings. The molecular formula is C19H17N7O. The van der Waals surface area contributed by atoms with E-state index in [1.807, 2.05) is 48.5 Å². The van der Waals surface area contributed by atoms with Crippen molar-refractivity contribution in [2.45, 2.75) is 13.2 Å². The standard InChI is InChI=1S/C19H17N7O/c20-18-17(5-3-11-22-18)19-23-25-26(24-19)12-14-6-8-16(9-7-14)27-13-15-4-1-2-10-21-15/h1-11H,12-13H2,(H2,20,22). The first-order chi connectivity index (χ1) is 13.3. The lowest BCUT2D eigenvalue weighted by Crippen LogP contribution is -2.04. The van der Waals surface area contributed by atoms with Crippen molar-refractivity contribution in [3.63, 3.8) is 0 Å². The number of tetrazole rings is 1. The minimum Gasteiger partial charge on any atom is -0.487 e. The van der Waals surface area contributed by atoms with Gasteiger partial charge in [-0.3, -0.25) is 4.98 Å². The van der Waals surface area contributed by atoms with Crippen LogP contribution in [0.25, 0.3) is 11.4 Å². The molecule has 0 saturated heterocycles. The maximum absolute atomic E-state index is 5.86. The monoisotopic (exact) mass is 359 g/mol. The minimum atomic E-state index is 0.381. The van der Waals surface area contributed by atoms with Crippen molar-refractivity contribution in [3.8, 4) is 17.1 Å². The number of anilines is 1. The molecule has 0 aliphatic carbocycles. The SMILES string of the molecule is Nc1ncccc1-c1nnn(Cc2ccc(OCc3ccccn3)cc2)n1. The fourth-order valence-corrected chi connectivity index (χ4v) is 2.52. The number of rotatable bonds is 6. The summed E-state index contributed by atoms with van der Waals surface area (Å²) in [6.45, 7) is 0.925. The molecule has 0 saturated carbocycles. The Labute approximate surface area is 155 Å². The number of aromatic nitrogens is 6. The molecule has 0 unspecified atom stereocenters. The van der Waals surface area contributed by atoms with E-state index in [4.69, 9.17) is 10.5 Å². The van der Waals surface area contributed by atoms with E-state index in [2.05, 4.69) is 25.4 Å². The van der Waals surface area contributed by atoms with Gasteiger partial charge in [0, 0.05) is 12.4 Å². The Hall–Kier alpha value is -3.81. The van der Waals surface area contributed by atoms with E-state index in [0.717, 1.165) is 17.0 Å². The van der Waals surface area contributed by atoms with E-state index in [9.17, 15) is 0 Å². The summed E-state index contributed by atoms with van der Waals surface area (Å²) in [5, 5.41) is 12.5. The number of pyridine rings is 2. The smallest absolute Gasteiger partial charge is 0.208 e. The number of benzene rings is 1. The van der Waals surface area contributed by atoms with Gasteiger partial charge in [0.05, 0.1) is 17.8 Å². The van der Waals surface area contributed by atoms with Crippen LogP contribution in [0.3, 0.4) is 0 Å². The first-order valence-electron chi connectivity index (χ1n) is 8.38. The fourth-order valence-electron chi connectivity index (χ4n) is 2.52. The van der Waals surface area contributed by atoms with Crippen LogP contribution < -0.4 is 10.5 Å². The molecule has 1 aromatic carbocycles. The van der Waals surface area contributed by atoms with Crippen LogP contribution in [0.15, 0.2) is 67.0 Å². The average Bonchev–Trinajstić information content (AvgIpc) is 3.17. The first-order valence-corrected chi connectivity index (χ1v) is 8.38. The second kappa shape index (κ2) is 7.61. The van der Waals surface area contributed by atoms with Gasteiger partial charge < -0.3 is 10.5 Å². The first kappa shape index (κ1) is 16.6. The number of nitrogens with two attached hydrogens (primary N) is 1. The molecular weight excluding hydrogens is 342 g/mol. The average molecular weight is 359 g/mol. The highest BCUT2D eigenvalue weighted by atomic mass is 16.5. The highest BCUT2D eigenvalue weighted by molar-refractivity contribution is 5.66. The van der Waals surface area contributed by atoms with Crippen molar-refractivity contribution in [1.82, 2.24) is 30.2 Å². The van der Waals surface area contributed by atoms with E-state index >= 15 is 0 Å². The Morgan fingerprint density at radius 1 is 0.926 bits per heavy atom. The van der Waals surface area contributed by atoms with E-state index < -0.39 is 0 Å². The molecule has 27 heavy (non-hydrogen) atoms. The van der Waals surface area contributed by atoms with Crippen molar-refractivity contribution >= 4 is 5.82 Å². The summed E-state index contributed by atoms with van der Waals surface area (Å²) < 4.78 is 5.74. The van der Waals surface area contributed by atoms with Crippen molar-refractivity contribution in [2.24, 2.45) is 0 Å². The molecule has 0 atom stereocenters. The van der Waals surface area contributed by atoms with Gasteiger partial charge in [-0.2, -0.15) is 4.80 Å². The van der Waals surface area contributed by atoms with Gasteiger partial charge in [-0.25, -0.2) is 4.98 Å². The Morgan fingerprint density at radius 2 is 1.78 bits per heavy atom. The van der Waals surface area contributed by atoms with Gasteiger partial charge >= 0.3 is 0 Å². The number of hydrogen-bond donors (Lipinski definition) is 1. The third kappa shape index (κ3) is 4.06. The van der Waals surface area contributed by atoms with E-state index in [-0.39, 0.29) is 0 Å². The molecule has 0 radical (unpaired) electrons. The van der Waals surface area contributed by atoms with Gasteiger partial charge in [0.15, 0.2) is 0 Å². The summed E-state index contributed by atoms with van der Waals surface area (Å²) in [7, 11) is 0. The Bertz CT molecular complexity index is 1020. The zero-order chi connectivity index (χ0) is 18.5. The maximum atomic E-state index is 5.86. The molecule has 0 spiro atoms. The van der Waals surface area contributed by atoms with Crippen LogP contribution in [-0.2, 0) is 13.2 Å². The lowest BCUT2D eigenvalue weighted by molar-refractivity contribution is 0.301. The van der Waals surface area contributed by atoms with Crippen molar-refractivity contribution in [1.29, 1.82) is 0 Å². The Morgan fingerprint density at radius 3 is 2.56 bits per heavy atom. The van der Waals surface area contributed by atoms with Gasteiger partial charge in [0.25, 0.3) is 0 Å². The topological polar surface area (TPSA) is 105 Å². The lowest BCUT2D eigenvalue weighted by Gasteiger charge is -2.06. The summed E-state index contributed by atoms with van der Waals surface area (Å²) in [4.78, 5) is 9.80. The molecule has 8 heteroatoms. The van der Waals surface area contributed by atoms with Gasteiger partial charge in [0.2, 0.25) is 5.82 Å². The largest absolute Gasteiger partial charge is 0.487 e. The van der Waals surface area contributed by atoms with Crippen LogP contribution in [0, 0.1) is 0 Å². The summed E-state index contributed by atoms with van der Waals surface area (Å²) in [5.74, 6) is 1.61. The van der Waals surface area contributed by atoms with Gasteiger partial charge in [-0.15, -0.1) is 10.2 Å². The highest BCUT2D eigenvalue weighted by Crippen LogP contribution is 2.19. The number of hydrogen-bond acceptors (Lipinski definition) is 7. The summed E-state index contributed by atoms with van der Waals surface area (Å²) in [5.41, 5.74) is 8.44. The molecule has 8 nitrogen and oxygen atoms in total. The van der Waals surface area contributed by atoms with Crippen LogP contribution in [0.4, 0.5) is 5.82 Å². The number of nitrogen functional groups attached to an aromatic ring is 1. The quantitative estimate of drug-likeness (QED) is 0.563. The zero-order valence-corrected chi connectivity index (χ0v) is 14.4.